The maximum atomic E-state index is 5.80. The lowest BCUT2D eigenvalue weighted by Gasteiger charge is -2.14. The Morgan fingerprint density at radius 1 is 1.50 bits per heavy atom. The molecule has 1 atom stereocenters. The van der Waals surface area contributed by atoms with Crippen molar-refractivity contribution in [2.45, 2.75) is 25.8 Å². The van der Waals surface area contributed by atoms with Crippen molar-refractivity contribution >= 4 is 15.9 Å². The van der Waals surface area contributed by atoms with Gasteiger partial charge in [0.2, 0.25) is 0 Å². The molecular formula is C14H20BrNO2. The van der Waals surface area contributed by atoms with Gasteiger partial charge < -0.3 is 15.2 Å². The predicted octanol–water partition coefficient (Wildman–Crippen LogP) is 3.30. The molecule has 18 heavy (non-hydrogen) atoms. The van der Waals surface area contributed by atoms with E-state index in [-0.39, 0.29) is 6.04 Å². The summed E-state index contributed by atoms with van der Waals surface area (Å²) >= 11 is 3.51. The van der Waals surface area contributed by atoms with Gasteiger partial charge in [-0.15, -0.1) is 6.58 Å². The standard InChI is InChI=1S/C14H20BrNO2/c1-4-5-6-18-14-12(15)8-11(7-10(2)16)9-13(14)17-3/h4,8-10H,1,5-7,16H2,2-3H3. The van der Waals surface area contributed by atoms with Crippen LogP contribution in [-0.4, -0.2) is 19.8 Å². The summed E-state index contributed by atoms with van der Waals surface area (Å²) in [6, 6.07) is 4.11. The van der Waals surface area contributed by atoms with Crippen molar-refractivity contribution in [2.24, 2.45) is 5.73 Å². The highest BCUT2D eigenvalue weighted by molar-refractivity contribution is 9.10. The van der Waals surface area contributed by atoms with Gasteiger partial charge in [-0.3, -0.25) is 0 Å². The van der Waals surface area contributed by atoms with Crippen LogP contribution in [0.2, 0.25) is 0 Å². The molecule has 0 aliphatic heterocycles. The molecule has 0 bridgehead atoms. The molecule has 0 saturated heterocycles. The van der Waals surface area contributed by atoms with Crippen molar-refractivity contribution in [3.05, 3.63) is 34.8 Å². The summed E-state index contributed by atoms with van der Waals surface area (Å²) in [5.41, 5.74) is 6.93. The van der Waals surface area contributed by atoms with Gasteiger partial charge in [0.05, 0.1) is 18.2 Å². The first-order valence-electron chi connectivity index (χ1n) is 5.94. The van der Waals surface area contributed by atoms with Gasteiger partial charge in [0, 0.05) is 6.04 Å². The normalized spacial score (nSPS) is 12.0. The fourth-order valence-corrected chi connectivity index (χ4v) is 2.25. The molecule has 0 spiro atoms. The van der Waals surface area contributed by atoms with Crippen LogP contribution < -0.4 is 15.2 Å². The van der Waals surface area contributed by atoms with Crippen LogP contribution in [0.5, 0.6) is 11.5 Å². The zero-order valence-corrected chi connectivity index (χ0v) is 12.5. The summed E-state index contributed by atoms with van der Waals surface area (Å²) in [4.78, 5) is 0. The van der Waals surface area contributed by atoms with E-state index in [0.717, 1.165) is 34.4 Å². The first kappa shape index (κ1) is 15.1. The van der Waals surface area contributed by atoms with Gasteiger partial charge in [-0.05, 0) is 53.4 Å². The SMILES string of the molecule is C=CCCOc1c(Br)cc(CC(C)N)cc1OC. The van der Waals surface area contributed by atoms with Gasteiger partial charge in [0.25, 0.3) is 0 Å². The molecule has 1 rings (SSSR count). The van der Waals surface area contributed by atoms with E-state index in [2.05, 4.69) is 22.5 Å². The highest BCUT2D eigenvalue weighted by atomic mass is 79.9. The average Bonchev–Trinajstić information content (AvgIpc) is 2.30. The fraction of sp³-hybridized carbons (Fsp3) is 0.429. The van der Waals surface area contributed by atoms with Crippen molar-refractivity contribution in [1.82, 2.24) is 0 Å². The van der Waals surface area contributed by atoms with E-state index in [1.807, 2.05) is 25.1 Å². The van der Waals surface area contributed by atoms with Crippen molar-refractivity contribution < 1.29 is 9.47 Å². The summed E-state index contributed by atoms with van der Waals surface area (Å²) in [6.45, 7) is 6.24. The van der Waals surface area contributed by atoms with Gasteiger partial charge in [-0.2, -0.15) is 0 Å². The largest absolute Gasteiger partial charge is 0.493 e. The summed E-state index contributed by atoms with van der Waals surface area (Å²) in [5.74, 6) is 1.46. The molecule has 1 aromatic carbocycles. The summed E-state index contributed by atoms with van der Waals surface area (Å²) in [6.07, 6.45) is 3.43. The van der Waals surface area contributed by atoms with Gasteiger partial charge in [0.15, 0.2) is 11.5 Å². The number of benzene rings is 1. The predicted molar refractivity (Wildman–Crippen MR) is 78.4 cm³/mol. The fourth-order valence-electron chi connectivity index (χ4n) is 1.65. The molecule has 2 N–H and O–H groups in total. The van der Waals surface area contributed by atoms with E-state index >= 15 is 0 Å². The van der Waals surface area contributed by atoms with Crippen LogP contribution in [0, 0.1) is 0 Å². The Hall–Kier alpha value is -1.00. The van der Waals surface area contributed by atoms with Gasteiger partial charge in [-0.25, -0.2) is 0 Å². The number of nitrogens with two attached hydrogens (primary N) is 1. The van der Waals surface area contributed by atoms with Crippen LogP contribution in [0.3, 0.4) is 0 Å². The second kappa shape index (κ2) is 7.44. The van der Waals surface area contributed by atoms with Crippen molar-refractivity contribution in [3.63, 3.8) is 0 Å². The third kappa shape index (κ3) is 4.35. The Morgan fingerprint density at radius 3 is 2.78 bits per heavy atom. The van der Waals surface area contributed by atoms with Gasteiger partial charge >= 0.3 is 0 Å². The molecule has 0 heterocycles. The summed E-state index contributed by atoms with van der Waals surface area (Å²) in [5, 5.41) is 0. The second-order valence-corrected chi connectivity index (χ2v) is 5.07. The third-order valence-corrected chi connectivity index (χ3v) is 3.00. The molecule has 3 nitrogen and oxygen atoms in total. The Bertz CT molecular complexity index is 405. The molecule has 0 amide bonds. The first-order chi connectivity index (χ1) is 8.58. The van der Waals surface area contributed by atoms with Gasteiger partial charge in [-0.1, -0.05) is 6.08 Å². The number of rotatable bonds is 7. The highest BCUT2D eigenvalue weighted by Gasteiger charge is 2.12. The summed E-state index contributed by atoms with van der Waals surface area (Å²) in [7, 11) is 1.64. The van der Waals surface area contributed by atoms with Crippen LogP contribution in [0.4, 0.5) is 0 Å². The van der Waals surface area contributed by atoms with Crippen molar-refractivity contribution in [2.75, 3.05) is 13.7 Å². The maximum Gasteiger partial charge on any atom is 0.175 e. The lowest BCUT2D eigenvalue weighted by atomic mass is 10.1. The second-order valence-electron chi connectivity index (χ2n) is 4.22. The number of methoxy groups -OCH3 is 1. The lowest BCUT2D eigenvalue weighted by molar-refractivity contribution is 0.297. The number of ether oxygens (including phenoxy) is 2. The number of hydrogen-bond acceptors (Lipinski definition) is 3. The molecule has 0 aliphatic rings. The molecule has 0 aliphatic carbocycles. The molecule has 0 fully saturated rings. The minimum absolute atomic E-state index is 0.120. The maximum absolute atomic E-state index is 5.80. The molecular weight excluding hydrogens is 294 g/mol. The molecule has 1 unspecified atom stereocenters. The molecule has 0 saturated carbocycles. The van der Waals surface area contributed by atoms with Crippen LogP contribution >= 0.6 is 15.9 Å². The average molecular weight is 314 g/mol. The first-order valence-corrected chi connectivity index (χ1v) is 6.73. The summed E-state index contributed by atoms with van der Waals surface area (Å²) < 4.78 is 11.9. The molecule has 100 valence electrons. The van der Waals surface area contributed by atoms with E-state index < -0.39 is 0 Å². The molecule has 4 heteroatoms. The Kier molecular flexibility index (Phi) is 6.22. The zero-order valence-electron chi connectivity index (χ0n) is 10.9. The van der Waals surface area contributed by atoms with Crippen LogP contribution in [0.15, 0.2) is 29.3 Å². The van der Waals surface area contributed by atoms with E-state index in [0.29, 0.717) is 6.61 Å². The Morgan fingerprint density at radius 2 is 2.22 bits per heavy atom. The van der Waals surface area contributed by atoms with E-state index in [1.165, 1.54) is 0 Å². The molecule has 0 aromatic heterocycles. The topological polar surface area (TPSA) is 44.5 Å². The zero-order chi connectivity index (χ0) is 13.5. The number of hydrogen-bond donors (Lipinski definition) is 1. The lowest BCUT2D eigenvalue weighted by Crippen LogP contribution is -2.17. The molecule has 0 radical (unpaired) electrons. The monoisotopic (exact) mass is 313 g/mol. The van der Waals surface area contributed by atoms with E-state index in [4.69, 9.17) is 15.2 Å². The number of halogens is 1. The van der Waals surface area contributed by atoms with Crippen molar-refractivity contribution in [1.29, 1.82) is 0 Å². The highest BCUT2D eigenvalue weighted by Crippen LogP contribution is 2.37. The smallest absolute Gasteiger partial charge is 0.175 e. The van der Waals surface area contributed by atoms with Crippen LogP contribution in [0.25, 0.3) is 0 Å². The van der Waals surface area contributed by atoms with Crippen LogP contribution in [0.1, 0.15) is 18.9 Å². The Balaban J connectivity index is 2.92. The van der Waals surface area contributed by atoms with Crippen molar-refractivity contribution in [3.8, 4) is 11.5 Å². The minimum atomic E-state index is 0.120. The third-order valence-electron chi connectivity index (χ3n) is 2.42. The van der Waals surface area contributed by atoms with E-state index in [1.54, 1.807) is 7.11 Å². The minimum Gasteiger partial charge on any atom is -0.493 e. The quantitative estimate of drug-likeness (QED) is 0.620. The van der Waals surface area contributed by atoms with E-state index in [9.17, 15) is 0 Å². The van der Waals surface area contributed by atoms with Crippen LogP contribution in [-0.2, 0) is 6.42 Å². The Labute approximate surface area is 117 Å². The van der Waals surface area contributed by atoms with Gasteiger partial charge in [0.1, 0.15) is 0 Å². The molecule has 1 aromatic rings.